The highest BCUT2D eigenvalue weighted by Gasteiger charge is 2.28. The molecule has 3 rings (SSSR count). The molecule has 0 aromatic heterocycles. The van der Waals surface area contributed by atoms with Crippen molar-refractivity contribution in [2.45, 2.75) is 28.5 Å². The molecule has 0 nitrogen and oxygen atoms in total. The molecule has 0 radical (unpaired) electrons. The minimum absolute atomic E-state index is 1.12. The van der Waals surface area contributed by atoms with Gasteiger partial charge in [0.2, 0.25) is 0 Å². The fourth-order valence-electron chi connectivity index (χ4n) is 2.98. The van der Waals surface area contributed by atoms with E-state index in [1.807, 2.05) is 0 Å². The molecule has 0 aliphatic rings. The van der Waals surface area contributed by atoms with Crippen molar-refractivity contribution in [1.82, 2.24) is 0 Å². The lowest BCUT2D eigenvalue weighted by Gasteiger charge is -2.40. The molecular formula is C21H22S. The SMILES string of the molecule is CCS(c1ccccc1)(c1ccccc1)c1ccc(C)cc1. The zero-order chi connectivity index (χ0) is 15.4. The highest BCUT2D eigenvalue weighted by atomic mass is 32.3. The van der Waals surface area contributed by atoms with E-state index in [0.717, 1.165) is 5.75 Å². The second-order valence-electron chi connectivity index (χ2n) is 5.47. The normalized spacial score (nSPS) is 12.1. The molecule has 0 atom stereocenters. The van der Waals surface area contributed by atoms with Gasteiger partial charge in [-0.15, -0.1) is 0 Å². The summed E-state index contributed by atoms with van der Waals surface area (Å²) in [7, 11) is -1.19. The van der Waals surface area contributed by atoms with Crippen LogP contribution in [0.4, 0.5) is 0 Å². The van der Waals surface area contributed by atoms with Crippen LogP contribution in [-0.2, 0) is 0 Å². The van der Waals surface area contributed by atoms with Crippen LogP contribution >= 0.6 is 10.0 Å². The average Bonchev–Trinajstić information content (AvgIpc) is 2.59. The molecule has 0 spiro atoms. The Morgan fingerprint density at radius 3 is 1.41 bits per heavy atom. The van der Waals surface area contributed by atoms with Crippen molar-refractivity contribution in [3.63, 3.8) is 0 Å². The van der Waals surface area contributed by atoms with Crippen LogP contribution in [0.1, 0.15) is 12.5 Å². The molecule has 22 heavy (non-hydrogen) atoms. The third-order valence-electron chi connectivity index (χ3n) is 4.15. The summed E-state index contributed by atoms with van der Waals surface area (Å²) in [5, 5.41) is 0. The number of hydrogen-bond donors (Lipinski definition) is 0. The molecule has 3 aromatic rings. The predicted molar refractivity (Wildman–Crippen MR) is 97.0 cm³/mol. The largest absolute Gasteiger partial charge is 0.161 e. The van der Waals surface area contributed by atoms with E-state index in [1.165, 1.54) is 20.2 Å². The van der Waals surface area contributed by atoms with Gasteiger partial charge in [-0.05, 0) is 63.8 Å². The first-order valence-electron chi connectivity index (χ1n) is 7.75. The highest BCUT2D eigenvalue weighted by molar-refractivity contribution is 8.33. The number of hydrogen-bond acceptors (Lipinski definition) is 0. The van der Waals surface area contributed by atoms with Crippen LogP contribution in [0.2, 0.25) is 0 Å². The molecule has 1 heteroatoms. The minimum Gasteiger partial charge on any atom is -0.161 e. The number of aryl methyl sites for hydroxylation is 1. The van der Waals surface area contributed by atoms with Crippen LogP contribution in [0, 0.1) is 6.92 Å². The van der Waals surface area contributed by atoms with Crippen molar-refractivity contribution in [3.8, 4) is 0 Å². The van der Waals surface area contributed by atoms with Crippen LogP contribution in [0.5, 0.6) is 0 Å². The molecule has 0 saturated carbocycles. The van der Waals surface area contributed by atoms with Gasteiger partial charge in [-0.1, -0.05) is 61.0 Å². The number of benzene rings is 3. The van der Waals surface area contributed by atoms with Crippen LogP contribution in [0.15, 0.2) is 99.6 Å². The summed E-state index contributed by atoms with van der Waals surface area (Å²) in [4.78, 5) is 4.32. The molecule has 0 unspecified atom stereocenters. The Kier molecular flexibility index (Phi) is 4.35. The molecule has 0 aliphatic carbocycles. The van der Waals surface area contributed by atoms with Crippen LogP contribution in [-0.4, -0.2) is 5.75 Å². The van der Waals surface area contributed by atoms with Crippen molar-refractivity contribution >= 4 is 10.0 Å². The van der Waals surface area contributed by atoms with Gasteiger partial charge in [0.25, 0.3) is 0 Å². The average molecular weight is 306 g/mol. The smallest absolute Gasteiger partial charge is 0.00186 e. The Labute approximate surface area is 135 Å². The first-order valence-corrected chi connectivity index (χ1v) is 9.55. The summed E-state index contributed by atoms with van der Waals surface area (Å²) in [6, 6.07) is 31.1. The van der Waals surface area contributed by atoms with E-state index in [-0.39, 0.29) is 0 Å². The third-order valence-corrected chi connectivity index (χ3v) is 8.24. The van der Waals surface area contributed by atoms with Gasteiger partial charge < -0.3 is 0 Å². The van der Waals surface area contributed by atoms with Gasteiger partial charge in [-0.2, -0.15) is 10.0 Å². The Bertz CT molecular complexity index is 675. The molecule has 0 saturated heterocycles. The summed E-state index contributed by atoms with van der Waals surface area (Å²) in [6.07, 6.45) is 0. The Morgan fingerprint density at radius 1 is 0.591 bits per heavy atom. The minimum atomic E-state index is -1.19. The van der Waals surface area contributed by atoms with Gasteiger partial charge in [0, 0.05) is 0 Å². The van der Waals surface area contributed by atoms with Gasteiger partial charge >= 0.3 is 0 Å². The second-order valence-corrected chi connectivity index (χ2v) is 8.94. The fraction of sp³-hybridized carbons (Fsp3) is 0.143. The van der Waals surface area contributed by atoms with E-state index in [2.05, 4.69) is 98.8 Å². The highest BCUT2D eigenvalue weighted by Crippen LogP contribution is 2.67. The third kappa shape index (κ3) is 2.57. The van der Waals surface area contributed by atoms with Crippen molar-refractivity contribution in [3.05, 3.63) is 90.5 Å². The lowest BCUT2D eigenvalue weighted by Crippen LogP contribution is -2.06. The van der Waals surface area contributed by atoms with E-state index < -0.39 is 10.0 Å². The molecule has 112 valence electrons. The maximum atomic E-state index is 2.31. The molecule has 0 aliphatic heterocycles. The summed E-state index contributed by atoms with van der Waals surface area (Å²) in [6.45, 7) is 4.47. The predicted octanol–water partition coefficient (Wildman–Crippen LogP) is 6.30. The topological polar surface area (TPSA) is 0 Å². The fourth-order valence-corrected chi connectivity index (χ4v) is 6.65. The van der Waals surface area contributed by atoms with Gasteiger partial charge in [0.05, 0.1) is 0 Å². The number of rotatable bonds is 4. The maximum Gasteiger partial charge on any atom is -0.00186 e. The molecule has 3 aromatic carbocycles. The Morgan fingerprint density at radius 2 is 1.00 bits per heavy atom. The molecule has 0 bridgehead atoms. The molecule has 0 heterocycles. The first kappa shape index (κ1) is 14.9. The first-order chi connectivity index (χ1) is 10.8. The standard InChI is InChI=1S/C21H22S/c1-3-22(19-10-6-4-7-11-19,20-12-8-5-9-13-20)21-16-14-18(2)15-17-21/h4-17H,3H2,1-2H3. The Hall–Kier alpha value is -1.99. The monoisotopic (exact) mass is 306 g/mol. The second kappa shape index (κ2) is 6.41. The van der Waals surface area contributed by atoms with Gasteiger partial charge in [-0.25, -0.2) is 0 Å². The molecule has 0 fully saturated rings. The summed E-state index contributed by atoms with van der Waals surface area (Å²) in [5.74, 6) is 1.12. The molecular weight excluding hydrogens is 284 g/mol. The summed E-state index contributed by atoms with van der Waals surface area (Å²) >= 11 is 0. The van der Waals surface area contributed by atoms with E-state index in [1.54, 1.807) is 0 Å². The van der Waals surface area contributed by atoms with Crippen LogP contribution < -0.4 is 0 Å². The lowest BCUT2D eigenvalue weighted by atomic mass is 10.2. The molecule has 0 N–H and O–H groups in total. The van der Waals surface area contributed by atoms with Crippen molar-refractivity contribution in [1.29, 1.82) is 0 Å². The van der Waals surface area contributed by atoms with E-state index in [4.69, 9.17) is 0 Å². The van der Waals surface area contributed by atoms with E-state index >= 15 is 0 Å². The quantitative estimate of drug-likeness (QED) is 0.531. The summed E-state index contributed by atoms with van der Waals surface area (Å²) < 4.78 is 0. The van der Waals surface area contributed by atoms with E-state index in [0.29, 0.717) is 0 Å². The van der Waals surface area contributed by atoms with Crippen molar-refractivity contribution in [2.24, 2.45) is 0 Å². The Balaban J connectivity index is 2.28. The lowest BCUT2D eigenvalue weighted by molar-refractivity contribution is 1.24. The van der Waals surface area contributed by atoms with E-state index in [9.17, 15) is 0 Å². The van der Waals surface area contributed by atoms with Crippen LogP contribution in [0.25, 0.3) is 0 Å². The van der Waals surface area contributed by atoms with Gasteiger partial charge in [-0.3, -0.25) is 0 Å². The zero-order valence-corrected chi connectivity index (χ0v) is 14.0. The molecule has 0 amide bonds. The van der Waals surface area contributed by atoms with Gasteiger partial charge in [0.15, 0.2) is 0 Å². The zero-order valence-electron chi connectivity index (χ0n) is 13.2. The maximum absolute atomic E-state index is 2.31. The van der Waals surface area contributed by atoms with Gasteiger partial charge in [0.1, 0.15) is 0 Å². The van der Waals surface area contributed by atoms with Crippen molar-refractivity contribution in [2.75, 3.05) is 5.75 Å². The summed E-state index contributed by atoms with van der Waals surface area (Å²) in [5.41, 5.74) is 1.31. The van der Waals surface area contributed by atoms with Crippen LogP contribution in [0.3, 0.4) is 0 Å². The van der Waals surface area contributed by atoms with Crippen molar-refractivity contribution < 1.29 is 0 Å².